The van der Waals surface area contributed by atoms with Crippen molar-refractivity contribution >= 4 is 17.8 Å². The third kappa shape index (κ3) is 3.87. The number of carbonyl (C=O) groups excluding carboxylic acids is 3. The molecule has 1 aliphatic carbocycles. The van der Waals surface area contributed by atoms with Crippen LogP contribution in [0.5, 0.6) is 5.75 Å². The van der Waals surface area contributed by atoms with E-state index in [4.69, 9.17) is 14.2 Å². The van der Waals surface area contributed by atoms with E-state index in [-0.39, 0.29) is 18.7 Å². The van der Waals surface area contributed by atoms with Crippen molar-refractivity contribution in [2.75, 3.05) is 14.2 Å². The molecule has 2 aliphatic rings. The first-order chi connectivity index (χ1) is 15.0. The van der Waals surface area contributed by atoms with Crippen LogP contribution in [0.25, 0.3) is 0 Å². The Balaban J connectivity index is 1.58. The Morgan fingerprint density at radius 1 is 1.06 bits per heavy atom. The second-order valence-electron chi connectivity index (χ2n) is 7.84. The third-order valence-corrected chi connectivity index (χ3v) is 6.01. The summed E-state index contributed by atoms with van der Waals surface area (Å²) in [6.07, 6.45) is 1.71. The molecule has 1 atom stereocenters. The molecule has 4 rings (SSSR count). The van der Waals surface area contributed by atoms with Crippen LogP contribution in [-0.4, -0.2) is 43.0 Å². The van der Waals surface area contributed by atoms with Crippen molar-refractivity contribution in [1.29, 1.82) is 0 Å². The van der Waals surface area contributed by atoms with Gasteiger partial charge in [0.25, 0.3) is 5.91 Å². The van der Waals surface area contributed by atoms with E-state index in [0.717, 1.165) is 24.0 Å². The molecule has 2 aromatic rings. The van der Waals surface area contributed by atoms with Crippen LogP contribution in [0.15, 0.2) is 48.5 Å². The summed E-state index contributed by atoms with van der Waals surface area (Å²) in [5.41, 5.74) is 1.95. The third-order valence-electron chi connectivity index (χ3n) is 6.01. The predicted molar refractivity (Wildman–Crippen MR) is 111 cm³/mol. The molecule has 0 aromatic heterocycles. The Labute approximate surface area is 180 Å². The van der Waals surface area contributed by atoms with Crippen molar-refractivity contribution in [1.82, 2.24) is 4.90 Å². The molecule has 0 saturated heterocycles. The first-order valence-electron chi connectivity index (χ1n) is 10.3. The van der Waals surface area contributed by atoms with E-state index in [9.17, 15) is 14.4 Å². The van der Waals surface area contributed by atoms with Gasteiger partial charge in [-0.2, -0.15) is 0 Å². The summed E-state index contributed by atoms with van der Waals surface area (Å²) in [6, 6.07) is 14.5. The van der Waals surface area contributed by atoms with E-state index in [1.54, 1.807) is 11.0 Å². The molecule has 31 heavy (non-hydrogen) atoms. The molecule has 0 radical (unpaired) electrons. The zero-order chi connectivity index (χ0) is 22.0. The number of benzene rings is 2. The minimum absolute atomic E-state index is 0.0257. The molecule has 1 fully saturated rings. The van der Waals surface area contributed by atoms with Crippen molar-refractivity contribution in [3.63, 3.8) is 0 Å². The van der Waals surface area contributed by atoms with Gasteiger partial charge in [0, 0.05) is 12.0 Å². The standard InChI is InChI=1S/C24H25NO6/c1-29-21(26)11-10-20(23(28)30-2)25-22(27)18-14-17(8-9-19(18)24(25)12-13-24)31-15-16-6-4-3-5-7-16/h3-9,14,20H,10-13,15H2,1-2H3. The summed E-state index contributed by atoms with van der Waals surface area (Å²) in [4.78, 5) is 39.2. The van der Waals surface area contributed by atoms with Crippen LogP contribution in [0.4, 0.5) is 0 Å². The molecule has 1 saturated carbocycles. The van der Waals surface area contributed by atoms with E-state index in [1.165, 1.54) is 14.2 Å². The first-order valence-corrected chi connectivity index (χ1v) is 10.3. The quantitative estimate of drug-likeness (QED) is 0.607. The van der Waals surface area contributed by atoms with Crippen LogP contribution in [0, 0.1) is 0 Å². The molecular formula is C24H25NO6. The zero-order valence-corrected chi connectivity index (χ0v) is 17.6. The van der Waals surface area contributed by atoms with Gasteiger partial charge in [0.15, 0.2) is 0 Å². The Kier molecular flexibility index (Phi) is 5.67. The number of esters is 2. The summed E-state index contributed by atoms with van der Waals surface area (Å²) in [5, 5.41) is 0. The number of carbonyl (C=O) groups is 3. The molecule has 1 unspecified atom stereocenters. The average Bonchev–Trinajstić information content (AvgIpc) is 3.56. The van der Waals surface area contributed by atoms with E-state index >= 15 is 0 Å². The molecular weight excluding hydrogens is 398 g/mol. The summed E-state index contributed by atoms with van der Waals surface area (Å²) >= 11 is 0. The molecule has 1 heterocycles. The average molecular weight is 423 g/mol. The molecule has 7 nitrogen and oxygen atoms in total. The van der Waals surface area contributed by atoms with Gasteiger partial charge in [-0.05, 0) is 42.5 Å². The Hall–Kier alpha value is -3.35. The normalized spacial score (nSPS) is 16.6. The number of ether oxygens (including phenoxy) is 3. The van der Waals surface area contributed by atoms with E-state index < -0.39 is 23.5 Å². The Morgan fingerprint density at radius 3 is 2.45 bits per heavy atom. The highest BCUT2D eigenvalue weighted by Gasteiger charge is 2.61. The monoisotopic (exact) mass is 423 g/mol. The van der Waals surface area contributed by atoms with Gasteiger partial charge < -0.3 is 19.1 Å². The highest BCUT2D eigenvalue weighted by molar-refractivity contribution is 6.03. The lowest BCUT2D eigenvalue weighted by Crippen LogP contribution is -2.47. The second kappa shape index (κ2) is 8.41. The molecule has 1 spiro atoms. The fraction of sp³-hybridized carbons (Fsp3) is 0.375. The largest absolute Gasteiger partial charge is 0.489 e. The molecule has 1 amide bonds. The number of hydrogen-bond acceptors (Lipinski definition) is 6. The Morgan fingerprint density at radius 2 is 1.81 bits per heavy atom. The van der Waals surface area contributed by atoms with Crippen LogP contribution < -0.4 is 4.74 Å². The number of nitrogens with zero attached hydrogens (tertiary/aromatic N) is 1. The number of hydrogen-bond donors (Lipinski definition) is 0. The number of fused-ring (bicyclic) bond motifs is 2. The molecule has 162 valence electrons. The van der Waals surface area contributed by atoms with Crippen molar-refractivity contribution in [3.05, 3.63) is 65.2 Å². The fourth-order valence-corrected chi connectivity index (χ4v) is 4.30. The van der Waals surface area contributed by atoms with Crippen molar-refractivity contribution in [3.8, 4) is 5.75 Å². The maximum Gasteiger partial charge on any atom is 0.328 e. The van der Waals surface area contributed by atoms with Crippen molar-refractivity contribution < 1.29 is 28.6 Å². The highest BCUT2D eigenvalue weighted by atomic mass is 16.5. The summed E-state index contributed by atoms with van der Waals surface area (Å²) < 4.78 is 15.6. The fourth-order valence-electron chi connectivity index (χ4n) is 4.30. The van der Waals surface area contributed by atoms with Crippen LogP contribution in [0.2, 0.25) is 0 Å². The lowest BCUT2D eigenvalue weighted by molar-refractivity contribution is -0.148. The highest BCUT2D eigenvalue weighted by Crippen LogP contribution is 2.58. The minimum atomic E-state index is -0.847. The van der Waals surface area contributed by atoms with Gasteiger partial charge in [-0.1, -0.05) is 36.4 Å². The van der Waals surface area contributed by atoms with Crippen LogP contribution >= 0.6 is 0 Å². The van der Waals surface area contributed by atoms with Gasteiger partial charge in [-0.3, -0.25) is 9.59 Å². The molecule has 1 aliphatic heterocycles. The van der Waals surface area contributed by atoms with Gasteiger partial charge in [0.05, 0.1) is 19.8 Å². The molecule has 0 N–H and O–H groups in total. The van der Waals surface area contributed by atoms with E-state index in [0.29, 0.717) is 17.9 Å². The molecule has 0 bridgehead atoms. The van der Waals surface area contributed by atoms with Crippen LogP contribution in [-0.2, 0) is 31.2 Å². The summed E-state index contributed by atoms with van der Waals surface area (Å²) in [7, 11) is 2.59. The summed E-state index contributed by atoms with van der Waals surface area (Å²) in [6.45, 7) is 0.395. The lowest BCUT2D eigenvalue weighted by Gasteiger charge is -2.32. The minimum Gasteiger partial charge on any atom is -0.489 e. The van der Waals surface area contributed by atoms with E-state index in [1.807, 2.05) is 42.5 Å². The maximum atomic E-state index is 13.4. The lowest BCUT2D eigenvalue weighted by atomic mass is 10.0. The SMILES string of the molecule is COC(=O)CCC(C(=O)OC)N1C(=O)c2cc(OCc3ccccc3)ccc2C12CC2. The number of rotatable bonds is 8. The van der Waals surface area contributed by atoms with Crippen molar-refractivity contribution in [2.45, 2.75) is 43.9 Å². The van der Waals surface area contributed by atoms with Gasteiger partial charge in [-0.15, -0.1) is 0 Å². The van der Waals surface area contributed by atoms with Crippen molar-refractivity contribution in [2.24, 2.45) is 0 Å². The van der Waals surface area contributed by atoms with Crippen LogP contribution in [0.1, 0.15) is 47.2 Å². The second-order valence-corrected chi connectivity index (χ2v) is 7.84. The van der Waals surface area contributed by atoms with Crippen LogP contribution in [0.3, 0.4) is 0 Å². The predicted octanol–water partition coefficient (Wildman–Crippen LogP) is 3.21. The smallest absolute Gasteiger partial charge is 0.328 e. The van der Waals surface area contributed by atoms with Gasteiger partial charge in [0.2, 0.25) is 0 Å². The zero-order valence-electron chi connectivity index (χ0n) is 17.6. The van der Waals surface area contributed by atoms with E-state index in [2.05, 4.69) is 0 Å². The maximum absolute atomic E-state index is 13.4. The van der Waals surface area contributed by atoms with Gasteiger partial charge in [0.1, 0.15) is 18.4 Å². The van der Waals surface area contributed by atoms with Gasteiger partial charge in [-0.25, -0.2) is 4.79 Å². The number of methoxy groups -OCH3 is 2. The summed E-state index contributed by atoms with van der Waals surface area (Å²) in [5.74, 6) is -0.605. The first kappa shape index (κ1) is 20.9. The molecule has 2 aromatic carbocycles. The topological polar surface area (TPSA) is 82.1 Å². The van der Waals surface area contributed by atoms with Gasteiger partial charge >= 0.3 is 11.9 Å². The number of amides is 1. The molecule has 7 heteroatoms. The Bertz CT molecular complexity index is 998.